The Morgan fingerprint density at radius 2 is 2.07 bits per heavy atom. The first-order valence-corrected chi connectivity index (χ1v) is 4.94. The van der Waals surface area contributed by atoms with Crippen LogP contribution in [0.1, 0.15) is 36.2 Å². The minimum atomic E-state index is -0.402. The quantitative estimate of drug-likeness (QED) is 0.742. The molecule has 1 rings (SSSR count). The summed E-state index contributed by atoms with van der Waals surface area (Å²) in [7, 11) is 0. The topological polar surface area (TPSA) is 37.3 Å². The summed E-state index contributed by atoms with van der Waals surface area (Å²) >= 11 is 0. The van der Waals surface area contributed by atoms with E-state index in [1.807, 2.05) is 31.2 Å². The fourth-order valence-electron chi connectivity index (χ4n) is 1.48. The van der Waals surface area contributed by atoms with Crippen LogP contribution in [0.3, 0.4) is 0 Å². The van der Waals surface area contributed by atoms with Gasteiger partial charge < -0.3 is 5.11 Å². The zero-order valence-electron chi connectivity index (χ0n) is 8.66. The van der Waals surface area contributed by atoms with Gasteiger partial charge in [-0.05, 0) is 18.9 Å². The van der Waals surface area contributed by atoms with Gasteiger partial charge in [-0.25, -0.2) is 0 Å². The van der Waals surface area contributed by atoms with Crippen LogP contribution in [0, 0.1) is 0 Å². The van der Waals surface area contributed by atoms with Crippen molar-refractivity contribution in [3.63, 3.8) is 0 Å². The number of Topliss-reactive ketones (excluding diaryl/α,β-unsaturated/α-hetero) is 1. The summed E-state index contributed by atoms with van der Waals surface area (Å²) < 4.78 is 0. The molecule has 1 N–H and O–H groups in total. The Morgan fingerprint density at radius 3 is 2.64 bits per heavy atom. The summed E-state index contributed by atoms with van der Waals surface area (Å²) in [5.74, 6) is 0.140. The van der Waals surface area contributed by atoms with Crippen molar-refractivity contribution in [3.8, 4) is 0 Å². The monoisotopic (exact) mass is 192 g/mol. The van der Waals surface area contributed by atoms with Gasteiger partial charge in [-0.2, -0.15) is 0 Å². The molecule has 0 saturated heterocycles. The van der Waals surface area contributed by atoms with Gasteiger partial charge in [0.2, 0.25) is 0 Å². The van der Waals surface area contributed by atoms with Gasteiger partial charge in [0.05, 0.1) is 6.10 Å². The summed E-state index contributed by atoms with van der Waals surface area (Å²) in [5.41, 5.74) is 1.69. The molecule has 0 saturated carbocycles. The van der Waals surface area contributed by atoms with E-state index >= 15 is 0 Å². The normalized spacial score (nSPS) is 12.5. The Balaban J connectivity index is 2.97. The zero-order valence-corrected chi connectivity index (χ0v) is 8.66. The van der Waals surface area contributed by atoms with Gasteiger partial charge >= 0.3 is 0 Å². The number of rotatable bonds is 4. The SMILES string of the molecule is CCC(=O)c1ccccc1CC(C)O. The van der Waals surface area contributed by atoms with Crippen molar-refractivity contribution in [3.05, 3.63) is 35.4 Å². The molecule has 0 heterocycles. The summed E-state index contributed by atoms with van der Waals surface area (Å²) in [6.45, 7) is 3.58. The van der Waals surface area contributed by atoms with Crippen molar-refractivity contribution in [1.29, 1.82) is 0 Å². The minimum absolute atomic E-state index is 0.140. The fourth-order valence-corrected chi connectivity index (χ4v) is 1.48. The van der Waals surface area contributed by atoms with Crippen LogP contribution in [0.2, 0.25) is 0 Å². The molecule has 0 amide bonds. The average molecular weight is 192 g/mol. The predicted molar refractivity (Wildman–Crippen MR) is 56.4 cm³/mol. The Labute approximate surface area is 84.6 Å². The van der Waals surface area contributed by atoms with Gasteiger partial charge in [-0.15, -0.1) is 0 Å². The van der Waals surface area contributed by atoms with E-state index in [-0.39, 0.29) is 5.78 Å². The molecule has 1 atom stereocenters. The van der Waals surface area contributed by atoms with Crippen LogP contribution in [0.15, 0.2) is 24.3 Å². The molecule has 1 unspecified atom stereocenters. The highest BCUT2D eigenvalue weighted by Gasteiger charge is 2.09. The Morgan fingerprint density at radius 1 is 1.43 bits per heavy atom. The summed E-state index contributed by atoms with van der Waals surface area (Å²) in [6.07, 6.45) is 0.652. The second-order valence-corrected chi connectivity index (χ2v) is 3.49. The lowest BCUT2D eigenvalue weighted by molar-refractivity contribution is 0.0986. The number of carbonyl (C=O) groups is 1. The van der Waals surface area contributed by atoms with Crippen LogP contribution in [0.25, 0.3) is 0 Å². The van der Waals surface area contributed by atoms with Crippen LogP contribution < -0.4 is 0 Å². The molecule has 0 aliphatic heterocycles. The zero-order chi connectivity index (χ0) is 10.6. The molecule has 0 aliphatic carbocycles. The van der Waals surface area contributed by atoms with Gasteiger partial charge in [0.25, 0.3) is 0 Å². The molecule has 14 heavy (non-hydrogen) atoms. The lowest BCUT2D eigenvalue weighted by Crippen LogP contribution is -2.09. The third kappa shape index (κ3) is 2.67. The number of benzene rings is 1. The van der Waals surface area contributed by atoms with Crippen molar-refractivity contribution >= 4 is 5.78 Å². The number of hydrogen-bond acceptors (Lipinski definition) is 2. The molecule has 2 heteroatoms. The van der Waals surface area contributed by atoms with Crippen LogP contribution in [-0.2, 0) is 6.42 Å². The number of aliphatic hydroxyl groups excluding tert-OH is 1. The molecule has 0 aromatic heterocycles. The first-order chi connectivity index (χ1) is 6.65. The van der Waals surface area contributed by atoms with E-state index in [1.54, 1.807) is 6.92 Å². The lowest BCUT2D eigenvalue weighted by Gasteiger charge is -2.09. The standard InChI is InChI=1S/C12H16O2/c1-3-12(14)11-7-5-4-6-10(11)8-9(2)13/h4-7,9,13H,3,8H2,1-2H3. The lowest BCUT2D eigenvalue weighted by atomic mass is 9.98. The van der Waals surface area contributed by atoms with E-state index in [0.717, 1.165) is 11.1 Å². The maximum atomic E-state index is 11.5. The first-order valence-electron chi connectivity index (χ1n) is 4.94. The number of ketones is 1. The van der Waals surface area contributed by atoms with E-state index in [2.05, 4.69) is 0 Å². The van der Waals surface area contributed by atoms with Gasteiger partial charge in [-0.1, -0.05) is 31.2 Å². The maximum Gasteiger partial charge on any atom is 0.162 e. The number of carbonyl (C=O) groups excluding carboxylic acids is 1. The maximum absolute atomic E-state index is 11.5. The molecule has 0 radical (unpaired) electrons. The molecular formula is C12H16O2. The van der Waals surface area contributed by atoms with E-state index in [1.165, 1.54) is 0 Å². The van der Waals surface area contributed by atoms with E-state index in [0.29, 0.717) is 12.8 Å². The second kappa shape index (κ2) is 4.91. The Bertz CT molecular complexity index is 316. The van der Waals surface area contributed by atoms with Gasteiger partial charge in [0, 0.05) is 12.0 Å². The van der Waals surface area contributed by atoms with Gasteiger partial charge in [0.15, 0.2) is 5.78 Å². The molecule has 76 valence electrons. The van der Waals surface area contributed by atoms with E-state index < -0.39 is 6.10 Å². The summed E-state index contributed by atoms with van der Waals surface area (Å²) in [6, 6.07) is 7.47. The third-order valence-electron chi connectivity index (χ3n) is 2.15. The molecule has 0 spiro atoms. The smallest absolute Gasteiger partial charge is 0.162 e. The fraction of sp³-hybridized carbons (Fsp3) is 0.417. The van der Waals surface area contributed by atoms with E-state index in [9.17, 15) is 9.90 Å². The van der Waals surface area contributed by atoms with E-state index in [4.69, 9.17) is 0 Å². The highest BCUT2D eigenvalue weighted by Crippen LogP contribution is 2.13. The minimum Gasteiger partial charge on any atom is -0.393 e. The van der Waals surface area contributed by atoms with Crippen molar-refractivity contribution in [2.24, 2.45) is 0 Å². The number of aliphatic hydroxyl groups is 1. The van der Waals surface area contributed by atoms with Crippen LogP contribution >= 0.6 is 0 Å². The van der Waals surface area contributed by atoms with Crippen LogP contribution in [0.4, 0.5) is 0 Å². The molecule has 0 fully saturated rings. The van der Waals surface area contributed by atoms with Crippen molar-refractivity contribution in [2.45, 2.75) is 32.8 Å². The average Bonchev–Trinajstić information content (AvgIpc) is 2.16. The number of hydrogen-bond donors (Lipinski definition) is 1. The summed E-state index contributed by atoms with van der Waals surface area (Å²) in [5, 5.41) is 9.27. The van der Waals surface area contributed by atoms with Crippen molar-refractivity contribution in [2.75, 3.05) is 0 Å². The second-order valence-electron chi connectivity index (χ2n) is 3.49. The molecule has 1 aromatic rings. The van der Waals surface area contributed by atoms with Crippen LogP contribution in [0.5, 0.6) is 0 Å². The van der Waals surface area contributed by atoms with Crippen LogP contribution in [-0.4, -0.2) is 17.0 Å². The summed E-state index contributed by atoms with van der Waals surface area (Å²) in [4.78, 5) is 11.5. The van der Waals surface area contributed by atoms with Gasteiger partial charge in [0.1, 0.15) is 0 Å². The Kier molecular flexibility index (Phi) is 3.84. The molecule has 0 aliphatic rings. The largest absolute Gasteiger partial charge is 0.393 e. The van der Waals surface area contributed by atoms with Crippen molar-refractivity contribution in [1.82, 2.24) is 0 Å². The Hall–Kier alpha value is -1.15. The highest BCUT2D eigenvalue weighted by molar-refractivity contribution is 5.97. The molecular weight excluding hydrogens is 176 g/mol. The van der Waals surface area contributed by atoms with Gasteiger partial charge in [-0.3, -0.25) is 4.79 Å². The highest BCUT2D eigenvalue weighted by atomic mass is 16.3. The molecule has 2 nitrogen and oxygen atoms in total. The van der Waals surface area contributed by atoms with Crippen molar-refractivity contribution < 1.29 is 9.90 Å². The first kappa shape index (κ1) is 10.9. The predicted octanol–water partition coefficient (Wildman–Crippen LogP) is 2.20. The molecule has 0 bridgehead atoms. The molecule has 1 aromatic carbocycles. The third-order valence-corrected chi connectivity index (χ3v) is 2.15.